The molecule has 0 fully saturated rings. The molecule has 0 heterocycles. The lowest BCUT2D eigenvalue weighted by atomic mass is 9.78. The van der Waals surface area contributed by atoms with Crippen molar-refractivity contribution in [2.75, 3.05) is 13.2 Å². The molecule has 0 radical (unpaired) electrons. The van der Waals surface area contributed by atoms with E-state index in [-0.39, 0.29) is 0 Å². The second-order valence-electron chi connectivity index (χ2n) is 5.61. The molecule has 1 rings (SSSR count). The molecule has 0 aliphatic heterocycles. The molecular weight excluding hydrogens is 234 g/mol. The first-order valence-corrected chi connectivity index (χ1v) is 7.47. The van der Waals surface area contributed by atoms with Crippen LogP contribution in [0.1, 0.15) is 50.7 Å². The molecule has 0 spiro atoms. The van der Waals surface area contributed by atoms with Gasteiger partial charge in [0.2, 0.25) is 0 Å². The average molecular weight is 263 g/mol. The zero-order valence-corrected chi connectivity index (χ0v) is 13.0. The monoisotopic (exact) mass is 263 g/mol. The van der Waals surface area contributed by atoms with Gasteiger partial charge in [-0.25, -0.2) is 0 Å². The van der Waals surface area contributed by atoms with Gasteiger partial charge in [-0.05, 0) is 74.8 Å². The third kappa shape index (κ3) is 4.54. The fraction of sp³-hybridized carbons (Fsp3) is 0.647. The van der Waals surface area contributed by atoms with Gasteiger partial charge < -0.3 is 10.5 Å². The van der Waals surface area contributed by atoms with Crippen LogP contribution in [0.2, 0.25) is 0 Å². The molecule has 0 atom stereocenters. The molecule has 2 nitrogen and oxygen atoms in total. The lowest BCUT2D eigenvalue weighted by molar-refractivity contribution is 0.213. The molecule has 2 N–H and O–H groups in total. The smallest absolute Gasteiger partial charge is 0.119 e. The fourth-order valence-corrected chi connectivity index (χ4v) is 2.44. The molecule has 1 aromatic rings. The lowest BCUT2D eigenvalue weighted by Crippen LogP contribution is -2.29. The van der Waals surface area contributed by atoms with Crippen LogP contribution in [0.3, 0.4) is 0 Å². The van der Waals surface area contributed by atoms with E-state index in [1.165, 1.54) is 11.1 Å². The minimum atomic E-state index is 0.312. The summed E-state index contributed by atoms with van der Waals surface area (Å²) in [6, 6.07) is 6.29. The Morgan fingerprint density at radius 2 is 1.79 bits per heavy atom. The fourth-order valence-electron chi connectivity index (χ4n) is 2.44. The maximum Gasteiger partial charge on any atom is 0.119 e. The first-order chi connectivity index (χ1) is 9.06. The van der Waals surface area contributed by atoms with E-state index < -0.39 is 0 Å². The Kier molecular flexibility index (Phi) is 6.36. The highest BCUT2D eigenvalue weighted by Gasteiger charge is 2.23. The van der Waals surface area contributed by atoms with Crippen molar-refractivity contribution >= 4 is 0 Å². The number of hydrogen-bond donors (Lipinski definition) is 1. The molecule has 0 aliphatic carbocycles. The van der Waals surface area contributed by atoms with Crippen LogP contribution in [0.25, 0.3) is 0 Å². The van der Waals surface area contributed by atoms with E-state index >= 15 is 0 Å². The van der Waals surface area contributed by atoms with Crippen LogP contribution >= 0.6 is 0 Å². The van der Waals surface area contributed by atoms with Gasteiger partial charge in [-0.15, -0.1) is 0 Å². The molecule has 0 saturated carbocycles. The van der Waals surface area contributed by atoms with E-state index in [0.717, 1.165) is 44.6 Å². The number of aryl methyl sites for hydroxylation is 2. The summed E-state index contributed by atoms with van der Waals surface area (Å²) in [7, 11) is 0. The summed E-state index contributed by atoms with van der Waals surface area (Å²) in [4.78, 5) is 0. The quantitative estimate of drug-likeness (QED) is 0.712. The Bertz CT molecular complexity index is 375. The van der Waals surface area contributed by atoms with Crippen LogP contribution in [0.4, 0.5) is 0 Å². The molecule has 0 saturated heterocycles. The van der Waals surface area contributed by atoms with Gasteiger partial charge in [-0.1, -0.05) is 19.9 Å². The van der Waals surface area contributed by atoms with E-state index in [2.05, 4.69) is 45.9 Å². The number of rotatable bonds is 8. The molecule has 2 heteroatoms. The zero-order valence-electron chi connectivity index (χ0n) is 13.0. The summed E-state index contributed by atoms with van der Waals surface area (Å²) in [6.07, 6.45) is 4.54. The standard InChI is InChI=1S/C17H29NO/c1-5-17(6-2,13-18)10-7-11-19-16-9-8-14(3)15(4)12-16/h8-9,12H,5-7,10-11,13,18H2,1-4H3. The van der Waals surface area contributed by atoms with Crippen molar-refractivity contribution in [3.8, 4) is 5.75 Å². The van der Waals surface area contributed by atoms with Crippen molar-refractivity contribution in [3.63, 3.8) is 0 Å². The summed E-state index contributed by atoms with van der Waals surface area (Å²) in [5, 5.41) is 0. The highest BCUT2D eigenvalue weighted by molar-refractivity contribution is 5.33. The van der Waals surface area contributed by atoms with Gasteiger partial charge in [0.1, 0.15) is 5.75 Å². The number of benzene rings is 1. The Labute approximate surface area is 118 Å². The van der Waals surface area contributed by atoms with E-state index in [4.69, 9.17) is 10.5 Å². The van der Waals surface area contributed by atoms with Gasteiger partial charge in [0.25, 0.3) is 0 Å². The van der Waals surface area contributed by atoms with E-state index in [9.17, 15) is 0 Å². The molecule has 1 aromatic carbocycles. The summed E-state index contributed by atoms with van der Waals surface area (Å²) in [5.74, 6) is 0.981. The maximum absolute atomic E-state index is 5.92. The van der Waals surface area contributed by atoms with Crippen LogP contribution in [0, 0.1) is 19.3 Å². The van der Waals surface area contributed by atoms with Crippen LogP contribution < -0.4 is 10.5 Å². The lowest BCUT2D eigenvalue weighted by Gasteiger charge is -2.30. The Hall–Kier alpha value is -1.02. The van der Waals surface area contributed by atoms with Crippen molar-refractivity contribution in [1.82, 2.24) is 0 Å². The maximum atomic E-state index is 5.92. The number of hydrogen-bond acceptors (Lipinski definition) is 2. The van der Waals surface area contributed by atoms with Crippen molar-refractivity contribution in [3.05, 3.63) is 29.3 Å². The van der Waals surface area contributed by atoms with Crippen molar-refractivity contribution in [2.24, 2.45) is 11.1 Å². The number of nitrogens with two attached hydrogens (primary N) is 1. The van der Waals surface area contributed by atoms with E-state index in [0.29, 0.717) is 5.41 Å². The predicted molar refractivity (Wildman–Crippen MR) is 82.7 cm³/mol. The Morgan fingerprint density at radius 3 is 2.32 bits per heavy atom. The second kappa shape index (κ2) is 7.54. The molecular formula is C17H29NO. The first kappa shape index (κ1) is 16.0. The highest BCUT2D eigenvalue weighted by Crippen LogP contribution is 2.30. The first-order valence-electron chi connectivity index (χ1n) is 7.47. The second-order valence-corrected chi connectivity index (χ2v) is 5.61. The van der Waals surface area contributed by atoms with Crippen LogP contribution in [-0.2, 0) is 0 Å². The third-order valence-corrected chi connectivity index (χ3v) is 4.53. The molecule has 108 valence electrons. The van der Waals surface area contributed by atoms with Crippen molar-refractivity contribution in [1.29, 1.82) is 0 Å². The highest BCUT2D eigenvalue weighted by atomic mass is 16.5. The van der Waals surface area contributed by atoms with Crippen molar-refractivity contribution < 1.29 is 4.74 Å². The van der Waals surface area contributed by atoms with Gasteiger partial charge in [0, 0.05) is 0 Å². The van der Waals surface area contributed by atoms with Gasteiger partial charge in [0.05, 0.1) is 6.61 Å². The Balaban J connectivity index is 2.40. The summed E-state index contributed by atoms with van der Waals surface area (Å²) < 4.78 is 5.83. The molecule has 0 unspecified atom stereocenters. The Morgan fingerprint density at radius 1 is 1.11 bits per heavy atom. The summed E-state index contributed by atoms with van der Waals surface area (Å²) in [5.41, 5.74) is 8.83. The topological polar surface area (TPSA) is 35.2 Å². The molecule has 0 aromatic heterocycles. The molecule has 0 aliphatic rings. The molecule has 0 amide bonds. The third-order valence-electron chi connectivity index (χ3n) is 4.53. The minimum Gasteiger partial charge on any atom is -0.494 e. The van der Waals surface area contributed by atoms with E-state index in [1.54, 1.807) is 0 Å². The molecule has 19 heavy (non-hydrogen) atoms. The summed E-state index contributed by atoms with van der Waals surface area (Å²) in [6.45, 7) is 10.3. The van der Waals surface area contributed by atoms with E-state index in [1.807, 2.05) is 0 Å². The minimum absolute atomic E-state index is 0.312. The normalized spacial score (nSPS) is 11.6. The van der Waals surface area contributed by atoms with Gasteiger partial charge in [-0.2, -0.15) is 0 Å². The van der Waals surface area contributed by atoms with Crippen molar-refractivity contribution in [2.45, 2.75) is 53.4 Å². The zero-order chi connectivity index (χ0) is 14.3. The van der Waals surface area contributed by atoms with Gasteiger partial charge >= 0.3 is 0 Å². The van der Waals surface area contributed by atoms with Gasteiger partial charge in [0.15, 0.2) is 0 Å². The predicted octanol–water partition coefficient (Wildman–Crippen LogP) is 4.23. The average Bonchev–Trinajstić information content (AvgIpc) is 2.44. The SMILES string of the molecule is CCC(CC)(CN)CCCOc1ccc(C)c(C)c1. The number of ether oxygens (including phenoxy) is 1. The van der Waals surface area contributed by atoms with Gasteiger partial charge in [-0.3, -0.25) is 0 Å². The summed E-state index contributed by atoms with van der Waals surface area (Å²) >= 11 is 0. The van der Waals surface area contributed by atoms with Crippen LogP contribution in [-0.4, -0.2) is 13.2 Å². The molecule has 0 bridgehead atoms. The van der Waals surface area contributed by atoms with Crippen LogP contribution in [0.15, 0.2) is 18.2 Å². The largest absolute Gasteiger partial charge is 0.494 e. The van der Waals surface area contributed by atoms with Crippen LogP contribution in [0.5, 0.6) is 5.75 Å².